The van der Waals surface area contributed by atoms with Crippen LogP contribution in [-0.2, 0) is 4.74 Å². The van der Waals surface area contributed by atoms with Crippen LogP contribution in [0.4, 0.5) is 4.79 Å². The molecule has 0 saturated carbocycles. The number of carbonyl (C=O) groups is 1. The largest absolute Gasteiger partial charge is 0.465 e. The number of ether oxygens (including phenoxy) is 1. The van der Waals surface area contributed by atoms with E-state index in [9.17, 15) is 9.90 Å². The summed E-state index contributed by atoms with van der Waals surface area (Å²) in [6, 6.07) is 0. The highest BCUT2D eigenvalue weighted by atomic mass is 16.5. The Balaban J connectivity index is 2.95. The van der Waals surface area contributed by atoms with Crippen LogP contribution in [0.1, 0.15) is 27.2 Å². The van der Waals surface area contributed by atoms with Crippen LogP contribution in [0.3, 0.4) is 0 Å². The predicted molar refractivity (Wildman–Crippen MR) is 59.4 cm³/mol. The molecule has 0 radical (unpaired) electrons. The molecule has 1 saturated heterocycles. The molecule has 94 valence electrons. The van der Waals surface area contributed by atoms with Gasteiger partial charge in [-0.2, -0.15) is 0 Å². The first-order valence-electron chi connectivity index (χ1n) is 5.55. The Kier molecular flexibility index (Phi) is 3.80. The highest BCUT2D eigenvalue weighted by Gasteiger charge is 2.46. The second-order valence-corrected chi connectivity index (χ2v) is 5.31. The Morgan fingerprint density at radius 2 is 2.12 bits per heavy atom. The van der Waals surface area contributed by atoms with Crippen LogP contribution >= 0.6 is 0 Å². The minimum absolute atomic E-state index is 0.166. The minimum Gasteiger partial charge on any atom is -0.465 e. The molecule has 1 aliphatic heterocycles. The average Bonchev–Trinajstić information content (AvgIpc) is 2.39. The summed E-state index contributed by atoms with van der Waals surface area (Å²) < 4.78 is 5.73. The van der Waals surface area contributed by atoms with Crippen LogP contribution in [0.5, 0.6) is 0 Å². The molecular formula is C11H21NO4. The molecule has 0 aromatic carbocycles. The molecule has 0 aromatic heterocycles. The first kappa shape index (κ1) is 13.3. The van der Waals surface area contributed by atoms with Crippen molar-refractivity contribution in [3.8, 4) is 0 Å². The van der Waals surface area contributed by atoms with Crippen molar-refractivity contribution in [1.82, 2.24) is 4.90 Å². The van der Waals surface area contributed by atoms with Crippen molar-refractivity contribution >= 4 is 6.09 Å². The van der Waals surface area contributed by atoms with Crippen molar-refractivity contribution in [3.05, 3.63) is 0 Å². The van der Waals surface area contributed by atoms with Gasteiger partial charge in [0.05, 0.1) is 13.2 Å². The van der Waals surface area contributed by atoms with Crippen LogP contribution in [0.15, 0.2) is 0 Å². The summed E-state index contributed by atoms with van der Waals surface area (Å²) in [4.78, 5) is 12.4. The molecule has 1 atom stereocenters. The van der Waals surface area contributed by atoms with Gasteiger partial charge in [-0.1, -0.05) is 20.8 Å². The van der Waals surface area contributed by atoms with Crippen LogP contribution in [0.2, 0.25) is 0 Å². The normalized spacial score (nSPS) is 27.6. The summed E-state index contributed by atoms with van der Waals surface area (Å²) >= 11 is 0. The Bertz CT molecular complexity index is 261. The second-order valence-electron chi connectivity index (χ2n) is 5.31. The molecule has 1 aliphatic rings. The molecule has 0 aliphatic carbocycles. The lowest BCUT2D eigenvalue weighted by Gasteiger charge is -2.43. The van der Waals surface area contributed by atoms with Gasteiger partial charge >= 0.3 is 6.09 Å². The van der Waals surface area contributed by atoms with Gasteiger partial charge in [0.15, 0.2) is 0 Å². The summed E-state index contributed by atoms with van der Waals surface area (Å²) in [5.74, 6) is 0. The van der Waals surface area contributed by atoms with E-state index in [1.807, 2.05) is 20.8 Å². The number of carboxylic acid groups (broad SMARTS) is 1. The van der Waals surface area contributed by atoms with Crippen molar-refractivity contribution in [2.45, 2.75) is 32.8 Å². The third kappa shape index (κ3) is 2.47. The molecule has 16 heavy (non-hydrogen) atoms. The quantitative estimate of drug-likeness (QED) is 0.710. The number of hydrogen-bond acceptors (Lipinski definition) is 3. The van der Waals surface area contributed by atoms with Gasteiger partial charge in [0.25, 0.3) is 0 Å². The molecule has 0 aromatic rings. The monoisotopic (exact) mass is 231 g/mol. The van der Waals surface area contributed by atoms with E-state index >= 15 is 0 Å². The van der Waals surface area contributed by atoms with Crippen molar-refractivity contribution < 1.29 is 19.7 Å². The molecule has 5 nitrogen and oxygen atoms in total. The van der Waals surface area contributed by atoms with E-state index in [1.54, 1.807) is 0 Å². The Hall–Kier alpha value is -0.810. The lowest BCUT2D eigenvalue weighted by Crippen LogP contribution is -2.56. The van der Waals surface area contributed by atoms with Gasteiger partial charge in [-0.3, -0.25) is 0 Å². The maximum Gasteiger partial charge on any atom is 0.407 e. The first-order valence-corrected chi connectivity index (χ1v) is 5.55. The number of aliphatic hydroxyl groups is 1. The van der Waals surface area contributed by atoms with Crippen LogP contribution in [-0.4, -0.2) is 53.1 Å². The van der Waals surface area contributed by atoms with E-state index < -0.39 is 11.7 Å². The molecule has 1 fully saturated rings. The topological polar surface area (TPSA) is 70.0 Å². The molecule has 1 rings (SSSR count). The molecule has 0 unspecified atom stereocenters. The van der Waals surface area contributed by atoms with Gasteiger partial charge in [0.1, 0.15) is 5.60 Å². The Morgan fingerprint density at radius 1 is 1.50 bits per heavy atom. The Labute approximate surface area is 96.0 Å². The zero-order chi connectivity index (χ0) is 12.4. The fourth-order valence-corrected chi connectivity index (χ4v) is 1.91. The molecule has 0 spiro atoms. The number of aliphatic hydroxyl groups excluding tert-OH is 1. The molecule has 2 N–H and O–H groups in total. The summed E-state index contributed by atoms with van der Waals surface area (Å²) in [7, 11) is 0. The minimum atomic E-state index is -0.951. The van der Waals surface area contributed by atoms with Gasteiger partial charge in [-0.25, -0.2) is 4.79 Å². The van der Waals surface area contributed by atoms with E-state index in [-0.39, 0.29) is 18.6 Å². The summed E-state index contributed by atoms with van der Waals surface area (Å²) in [5.41, 5.74) is -1.11. The standard InChI is InChI=1S/C11H21NO4/c1-10(2,3)11(8-13)7-12(9(14)15)5-4-6-16-11/h13H,4-8H2,1-3H3,(H,14,15)/t11-/m0/s1. The number of hydrogen-bond donors (Lipinski definition) is 2. The fourth-order valence-electron chi connectivity index (χ4n) is 1.91. The lowest BCUT2D eigenvalue weighted by molar-refractivity contribution is -0.142. The second kappa shape index (κ2) is 4.59. The summed E-state index contributed by atoms with van der Waals surface area (Å²) in [5, 5.41) is 18.6. The van der Waals surface area contributed by atoms with E-state index in [1.165, 1.54) is 4.90 Å². The van der Waals surface area contributed by atoms with Crippen molar-refractivity contribution in [1.29, 1.82) is 0 Å². The molecule has 1 amide bonds. The van der Waals surface area contributed by atoms with Crippen molar-refractivity contribution in [2.75, 3.05) is 26.3 Å². The SMILES string of the molecule is CC(C)(C)[C@@]1(CO)CN(C(=O)O)CCCO1. The van der Waals surface area contributed by atoms with Gasteiger partial charge in [-0.15, -0.1) is 0 Å². The average molecular weight is 231 g/mol. The highest BCUT2D eigenvalue weighted by molar-refractivity contribution is 5.65. The highest BCUT2D eigenvalue weighted by Crippen LogP contribution is 2.35. The maximum atomic E-state index is 11.0. The molecule has 0 bridgehead atoms. The van der Waals surface area contributed by atoms with Crippen LogP contribution < -0.4 is 0 Å². The zero-order valence-corrected chi connectivity index (χ0v) is 10.2. The van der Waals surface area contributed by atoms with Gasteiger partial charge in [0, 0.05) is 13.2 Å². The predicted octanol–water partition coefficient (Wildman–Crippen LogP) is 1.16. The van der Waals surface area contributed by atoms with Gasteiger partial charge < -0.3 is 19.8 Å². The summed E-state index contributed by atoms with van der Waals surface area (Å²) in [6.07, 6.45) is -0.281. The van der Waals surface area contributed by atoms with E-state index in [0.29, 0.717) is 19.6 Å². The summed E-state index contributed by atoms with van der Waals surface area (Å²) in [6.45, 7) is 6.87. The van der Waals surface area contributed by atoms with E-state index in [4.69, 9.17) is 9.84 Å². The number of nitrogens with zero attached hydrogens (tertiary/aromatic N) is 1. The maximum absolute atomic E-state index is 11.0. The van der Waals surface area contributed by atoms with E-state index in [2.05, 4.69) is 0 Å². The van der Waals surface area contributed by atoms with Crippen LogP contribution in [0, 0.1) is 5.41 Å². The smallest absolute Gasteiger partial charge is 0.407 e. The van der Waals surface area contributed by atoms with Crippen LogP contribution in [0.25, 0.3) is 0 Å². The molecule has 5 heteroatoms. The third-order valence-corrected chi connectivity index (χ3v) is 3.29. The van der Waals surface area contributed by atoms with Gasteiger partial charge in [-0.05, 0) is 11.8 Å². The number of rotatable bonds is 1. The number of amides is 1. The first-order chi connectivity index (χ1) is 7.32. The fraction of sp³-hybridized carbons (Fsp3) is 0.909. The van der Waals surface area contributed by atoms with Crippen molar-refractivity contribution in [3.63, 3.8) is 0 Å². The lowest BCUT2D eigenvalue weighted by atomic mass is 9.76. The zero-order valence-electron chi connectivity index (χ0n) is 10.2. The molecular weight excluding hydrogens is 210 g/mol. The van der Waals surface area contributed by atoms with Gasteiger partial charge in [0.2, 0.25) is 0 Å². The molecule has 1 heterocycles. The van der Waals surface area contributed by atoms with E-state index in [0.717, 1.165) is 0 Å². The van der Waals surface area contributed by atoms with Crippen molar-refractivity contribution in [2.24, 2.45) is 5.41 Å². The Morgan fingerprint density at radius 3 is 2.56 bits per heavy atom. The third-order valence-electron chi connectivity index (χ3n) is 3.29.